The molecule has 3 heterocycles. The fourth-order valence-corrected chi connectivity index (χ4v) is 8.32. The van der Waals surface area contributed by atoms with Crippen LogP contribution in [-0.2, 0) is 25.5 Å². The molecule has 2 saturated heterocycles. The van der Waals surface area contributed by atoms with E-state index in [0.29, 0.717) is 63.8 Å². The Bertz CT molecular complexity index is 1690. The van der Waals surface area contributed by atoms with Crippen LogP contribution in [0.4, 0.5) is 10.1 Å². The van der Waals surface area contributed by atoms with E-state index in [9.17, 15) is 24.3 Å². The molecule has 3 aliphatic rings. The molecule has 0 unspecified atom stereocenters. The molecule has 48 heavy (non-hydrogen) atoms. The molecule has 3 aromatic rings. The Labute approximate surface area is 287 Å². The number of carbonyl (C=O) groups excluding carboxylic acids is 3. The maximum atomic E-state index is 15.5. The molecule has 0 bridgehead atoms. The van der Waals surface area contributed by atoms with Gasteiger partial charge >= 0.3 is 5.97 Å². The number of hydrogen-bond donors (Lipinski definition) is 2. The number of amides is 3. The summed E-state index contributed by atoms with van der Waals surface area (Å²) in [4.78, 5) is 56.6. The van der Waals surface area contributed by atoms with E-state index < -0.39 is 17.7 Å². The minimum atomic E-state index is -0.777. The van der Waals surface area contributed by atoms with Gasteiger partial charge in [-0.05, 0) is 62.8 Å². The van der Waals surface area contributed by atoms with Crippen LogP contribution >= 0.6 is 22.9 Å². The van der Waals surface area contributed by atoms with Gasteiger partial charge in [-0.2, -0.15) is 0 Å². The number of likely N-dealkylation sites (tertiary alicyclic amines) is 1. The van der Waals surface area contributed by atoms with Gasteiger partial charge in [0.05, 0.1) is 53.9 Å². The van der Waals surface area contributed by atoms with E-state index in [-0.39, 0.29) is 71.8 Å². The van der Waals surface area contributed by atoms with Crippen molar-refractivity contribution < 1.29 is 33.4 Å². The van der Waals surface area contributed by atoms with E-state index in [1.54, 1.807) is 10.3 Å². The summed E-state index contributed by atoms with van der Waals surface area (Å²) in [5.74, 6) is -2.41. The lowest BCUT2D eigenvalue weighted by molar-refractivity contribution is -0.144. The highest BCUT2D eigenvalue weighted by atomic mass is 35.5. The number of carbonyl (C=O) groups is 4. The highest BCUT2D eigenvalue weighted by Crippen LogP contribution is 2.32. The zero-order valence-electron chi connectivity index (χ0n) is 26.8. The van der Waals surface area contributed by atoms with Gasteiger partial charge in [0.25, 0.3) is 5.91 Å². The highest BCUT2D eigenvalue weighted by Gasteiger charge is 2.40. The van der Waals surface area contributed by atoms with Crippen molar-refractivity contribution in [2.75, 3.05) is 44.6 Å². The summed E-state index contributed by atoms with van der Waals surface area (Å²) in [6.07, 6.45) is 2.69. The number of anilines is 1. The molecular weight excluding hydrogens is 659 g/mol. The number of benzene rings is 2. The van der Waals surface area contributed by atoms with Crippen molar-refractivity contribution >= 4 is 62.4 Å². The fourth-order valence-electron chi connectivity index (χ4n) is 7.14. The molecule has 0 spiro atoms. The van der Waals surface area contributed by atoms with E-state index >= 15 is 4.39 Å². The second-order valence-electron chi connectivity index (χ2n) is 12.9. The van der Waals surface area contributed by atoms with Gasteiger partial charge < -0.3 is 25.0 Å². The van der Waals surface area contributed by atoms with Gasteiger partial charge in [0.1, 0.15) is 5.82 Å². The van der Waals surface area contributed by atoms with Crippen molar-refractivity contribution in [2.24, 2.45) is 5.92 Å². The number of aliphatic carboxylic acids is 1. The minimum absolute atomic E-state index is 0.0486. The van der Waals surface area contributed by atoms with Crippen molar-refractivity contribution in [3.8, 4) is 0 Å². The number of carboxylic acid groups (broad SMARTS) is 1. The van der Waals surface area contributed by atoms with Gasteiger partial charge in [-0.15, -0.1) is 11.3 Å². The number of rotatable bonds is 10. The zero-order chi connectivity index (χ0) is 33.9. The second-order valence-corrected chi connectivity index (χ2v) is 14.2. The van der Waals surface area contributed by atoms with Gasteiger partial charge in [0.15, 0.2) is 0 Å². The molecule has 6 rings (SSSR count). The third kappa shape index (κ3) is 7.51. The van der Waals surface area contributed by atoms with Gasteiger partial charge in [0.2, 0.25) is 11.8 Å². The first-order valence-corrected chi connectivity index (χ1v) is 17.8. The lowest BCUT2D eigenvalue weighted by atomic mass is 9.87. The maximum absolute atomic E-state index is 15.5. The molecular formula is C35H40ClFN4O6S. The lowest BCUT2D eigenvalue weighted by Gasteiger charge is -2.37. The molecule has 1 aliphatic carbocycles. The number of ether oxygens (including phenoxy) is 1. The third-order valence-corrected chi connectivity index (χ3v) is 11.2. The summed E-state index contributed by atoms with van der Waals surface area (Å²) < 4.78 is 22.7. The van der Waals surface area contributed by atoms with E-state index in [1.165, 1.54) is 17.4 Å². The van der Waals surface area contributed by atoms with Crippen LogP contribution in [0.15, 0.2) is 41.8 Å². The Morgan fingerprint density at radius 1 is 1.12 bits per heavy atom. The SMILES string of the molecule is CCN1CCN([C@H]2C[C@@H](CO[C@H]3CC[C@H](C(=O)O)CC3)N(C(=O)Cc3cc(Cl)c(NC(=O)c4csc5ccccc45)cc3F)C2)CC1=O. The predicted molar refractivity (Wildman–Crippen MR) is 182 cm³/mol. The fraction of sp³-hybridized carbons (Fsp3) is 0.486. The first-order chi connectivity index (χ1) is 23.1. The molecule has 2 aromatic carbocycles. The van der Waals surface area contributed by atoms with Gasteiger partial charge in [-0.1, -0.05) is 29.8 Å². The van der Waals surface area contributed by atoms with E-state index in [2.05, 4.69) is 10.2 Å². The smallest absolute Gasteiger partial charge is 0.306 e. The van der Waals surface area contributed by atoms with Crippen LogP contribution in [0.1, 0.15) is 54.9 Å². The molecule has 2 atom stereocenters. The first kappa shape index (κ1) is 34.3. The summed E-state index contributed by atoms with van der Waals surface area (Å²) in [7, 11) is 0. The van der Waals surface area contributed by atoms with E-state index in [4.69, 9.17) is 16.3 Å². The van der Waals surface area contributed by atoms with Crippen molar-refractivity contribution in [2.45, 2.75) is 63.6 Å². The molecule has 10 nitrogen and oxygen atoms in total. The molecule has 0 radical (unpaired) electrons. The van der Waals surface area contributed by atoms with Crippen molar-refractivity contribution in [3.05, 3.63) is 63.7 Å². The number of fused-ring (bicyclic) bond motifs is 1. The number of carboxylic acids is 1. The number of thiophene rings is 1. The predicted octanol–water partition coefficient (Wildman–Crippen LogP) is 5.28. The Morgan fingerprint density at radius 2 is 1.90 bits per heavy atom. The van der Waals surface area contributed by atoms with Gasteiger partial charge in [0, 0.05) is 47.7 Å². The number of nitrogens with zero attached hydrogens (tertiary/aromatic N) is 3. The second kappa shape index (κ2) is 14.9. The van der Waals surface area contributed by atoms with Crippen LogP contribution < -0.4 is 5.32 Å². The van der Waals surface area contributed by atoms with Crippen molar-refractivity contribution in [3.63, 3.8) is 0 Å². The summed E-state index contributed by atoms with van der Waals surface area (Å²) in [6.45, 7) is 4.89. The third-order valence-electron chi connectivity index (χ3n) is 9.96. The number of nitrogens with one attached hydrogen (secondary N) is 1. The number of likely N-dealkylation sites (N-methyl/N-ethyl adjacent to an activating group) is 1. The summed E-state index contributed by atoms with van der Waals surface area (Å²) >= 11 is 7.96. The zero-order valence-corrected chi connectivity index (χ0v) is 28.4. The molecule has 3 amide bonds. The normalized spacial score (nSPS) is 23.5. The summed E-state index contributed by atoms with van der Waals surface area (Å²) in [6, 6.07) is 9.73. The Balaban J connectivity index is 1.13. The Morgan fingerprint density at radius 3 is 2.62 bits per heavy atom. The minimum Gasteiger partial charge on any atom is -0.481 e. The van der Waals surface area contributed by atoms with Crippen LogP contribution in [0.25, 0.3) is 10.1 Å². The lowest BCUT2D eigenvalue weighted by Crippen LogP contribution is -2.54. The number of piperazine rings is 1. The molecule has 2 N–H and O–H groups in total. The van der Waals surface area contributed by atoms with Gasteiger partial charge in [-0.25, -0.2) is 4.39 Å². The summed E-state index contributed by atoms with van der Waals surface area (Å²) in [5.41, 5.74) is 0.702. The maximum Gasteiger partial charge on any atom is 0.306 e. The van der Waals surface area contributed by atoms with Crippen LogP contribution in [-0.4, -0.2) is 101 Å². The Kier molecular flexibility index (Phi) is 10.6. The van der Waals surface area contributed by atoms with Crippen LogP contribution in [0.2, 0.25) is 5.02 Å². The molecule has 2 aliphatic heterocycles. The highest BCUT2D eigenvalue weighted by molar-refractivity contribution is 7.17. The number of hydrogen-bond acceptors (Lipinski definition) is 7. The molecule has 256 valence electrons. The average Bonchev–Trinajstić information content (AvgIpc) is 3.71. The van der Waals surface area contributed by atoms with Crippen molar-refractivity contribution in [1.82, 2.24) is 14.7 Å². The molecule has 1 aromatic heterocycles. The van der Waals surface area contributed by atoms with Crippen LogP contribution in [0.3, 0.4) is 0 Å². The first-order valence-electron chi connectivity index (χ1n) is 16.5. The topological polar surface area (TPSA) is 119 Å². The van der Waals surface area contributed by atoms with E-state index in [0.717, 1.165) is 16.2 Å². The van der Waals surface area contributed by atoms with Crippen molar-refractivity contribution in [1.29, 1.82) is 0 Å². The average molecular weight is 699 g/mol. The number of halogens is 2. The van der Waals surface area contributed by atoms with Gasteiger partial charge in [-0.3, -0.25) is 24.1 Å². The quantitative estimate of drug-likeness (QED) is 0.296. The largest absolute Gasteiger partial charge is 0.481 e. The molecule has 13 heteroatoms. The van der Waals surface area contributed by atoms with E-state index in [1.807, 2.05) is 36.1 Å². The molecule has 3 fully saturated rings. The monoisotopic (exact) mass is 698 g/mol. The Hall–Kier alpha value is -3.58. The molecule has 1 saturated carbocycles. The standard InChI is InChI=1S/C35H40ClFN4O6S/c1-2-39-11-12-40(18-33(39)43)23-15-24(19-47-25-9-7-21(8-10-25)35(45)46)41(17-23)32(42)14-22-13-28(36)30(16-29(22)37)38-34(44)27-20-48-31-6-4-3-5-26(27)31/h3-6,13,16,20-21,23-25H,2,7-12,14-15,17-19H2,1H3,(H,38,44)(H,45,46)/t21-,23-,24-,25-/m0/s1. The van der Waals surface area contributed by atoms with Crippen LogP contribution in [0, 0.1) is 11.7 Å². The summed E-state index contributed by atoms with van der Waals surface area (Å²) in [5, 5.41) is 14.7. The van der Waals surface area contributed by atoms with Crippen LogP contribution in [0.5, 0.6) is 0 Å².